The third-order valence-electron chi connectivity index (χ3n) is 7.22. The number of rotatable bonds is 24. The smallest absolute Gasteiger partial charge is 0.264 e. The molecule has 1 aromatic carbocycles. The summed E-state index contributed by atoms with van der Waals surface area (Å²) in [7, 11) is -4.67. The average Bonchev–Trinajstić information content (AvgIpc) is 2.85. The van der Waals surface area contributed by atoms with Crippen LogP contribution in [0, 0.1) is 0 Å². The molecule has 1 rings (SSSR count). The van der Waals surface area contributed by atoms with Crippen LogP contribution in [-0.4, -0.2) is 17.5 Å². The van der Waals surface area contributed by atoms with Gasteiger partial charge in [0.05, 0.1) is 0 Å². The van der Waals surface area contributed by atoms with Crippen molar-refractivity contribution >= 4 is 10.4 Å². The first-order chi connectivity index (χ1) is 17.9. The molecule has 0 amide bonds. The van der Waals surface area contributed by atoms with Crippen molar-refractivity contribution < 1.29 is 17.5 Å². The van der Waals surface area contributed by atoms with Crippen LogP contribution < -0.4 is 0 Å². The van der Waals surface area contributed by atoms with E-state index in [0.717, 1.165) is 0 Å². The summed E-state index contributed by atoms with van der Waals surface area (Å²) in [5.41, 5.74) is 3.27. The Labute approximate surface area is 231 Å². The first-order valence-electron chi connectivity index (χ1n) is 15.6. The molecule has 0 spiro atoms. The van der Waals surface area contributed by atoms with Gasteiger partial charge < -0.3 is 0 Å². The minimum absolute atomic E-state index is 1.30. The normalized spacial score (nSPS) is 11.4. The Kier molecular flexibility index (Phi) is 26.0. The molecular formula is C32H60O4S. The van der Waals surface area contributed by atoms with E-state index in [-0.39, 0.29) is 0 Å². The van der Waals surface area contributed by atoms with E-state index in [2.05, 4.69) is 38.1 Å². The van der Waals surface area contributed by atoms with Gasteiger partial charge in [0, 0.05) is 0 Å². The van der Waals surface area contributed by atoms with Crippen LogP contribution in [0.3, 0.4) is 0 Å². The van der Waals surface area contributed by atoms with Gasteiger partial charge in [0.25, 0.3) is 0 Å². The number of benzene rings is 1. The van der Waals surface area contributed by atoms with Gasteiger partial charge in [0.1, 0.15) is 0 Å². The van der Waals surface area contributed by atoms with E-state index in [1.807, 2.05) is 0 Å². The first-order valence-corrected chi connectivity index (χ1v) is 17.0. The lowest BCUT2D eigenvalue weighted by molar-refractivity contribution is 0.381. The standard InChI is InChI=1S/C32H58.H2O4S/c1-3-5-7-9-11-13-15-17-19-21-23-27-31-29-25-26-30-32(31)28-24-22-20-18-16-14-12-10-8-6-4-2;1-5(2,3)4/h25-26,29-30H,3-24,27-28H2,1-2H3;(H2,1,2,3,4). The monoisotopic (exact) mass is 540 g/mol. The van der Waals surface area contributed by atoms with E-state index in [9.17, 15) is 0 Å². The maximum atomic E-state index is 8.74. The predicted molar refractivity (Wildman–Crippen MR) is 161 cm³/mol. The fourth-order valence-corrected chi connectivity index (χ4v) is 5.00. The molecule has 4 nitrogen and oxygen atoms in total. The molecule has 0 aliphatic rings. The third-order valence-corrected chi connectivity index (χ3v) is 7.22. The quantitative estimate of drug-likeness (QED) is 0.101. The second-order valence-corrected chi connectivity index (χ2v) is 11.7. The largest absolute Gasteiger partial charge is 0.394 e. The van der Waals surface area contributed by atoms with Crippen LogP contribution >= 0.6 is 0 Å². The van der Waals surface area contributed by atoms with Crippen LogP contribution in [0.4, 0.5) is 0 Å². The number of aryl methyl sites for hydroxylation is 2. The zero-order valence-corrected chi connectivity index (χ0v) is 25.2. The third kappa shape index (κ3) is 29.5. The van der Waals surface area contributed by atoms with Crippen molar-refractivity contribution in [3.8, 4) is 0 Å². The second-order valence-electron chi connectivity index (χ2n) is 10.8. The molecule has 0 aliphatic carbocycles. The molecule has 0 radical (unpaired) electrons. The Morgan fingerprint density at radius 1 is 0.459 bits per heavy atom. The van der Waals surface area contributed by atoms with Gasteiger partial charge in [-0.3, -0.25) is 9.11 Å². The van der Waals surface area contributed by atoms with Crippen LogP contribution in [0.15, 0.2) is 24.3 Å². The van der Waals surface area contributed by atoms with Gasteiger partial charge in [-0.1, -0.05) is 167 Å². The molecule has 0 aliphatic heterocycles. The molecule has 0 heterocycles. The van der Waals surface area contributed by atoms with Crippen molar-refractivity contribution in [2.24, 2.45) is 0 Å². The van der Waals surface area contributed by atoms with Crippen molar-refractivity contribution in [2.75, 3.05) is 0 Å². The summed E-state index contributed by atoms with van der Waals surface area (Å²) < 4.78 is 31.6. The maximum Gasteiger partial charge on any atom is 0.394 e. The Bertz CT molecular complexity index is 649. The molecule has 1 aromatic rings. The van der Waals surface area contributed by atoms with Crippen molar-refractivity contribution in [2.45, 2.75) is 168 Å². The highest BCUT2D eigenvalue weighted by Crippen LogP contribution is 2.18. The summed E-state index contributed by atoms with van der Waals surface area (Å²) in [5.74, 6) is 0. The lowest BCUT2D eigenvalue weighted by Gasteiger charge is -2.10. The van der Waals surface area contributed by atoms with E-state index in [1.165, 1.54) is 154 Å². The highest BCUT2D eigenvalue weighted by Gasteiger charge is 2.02. The van der Waals surface area contributed by atoms with Crippen LogP contribution in [0.1, 0.15) is 166 Å². The molecule has 218 valence electrons. The van der Waals surface area contributed by atoms with E-state index in [4.69, 9.17) is 17.5 Å². The second kappa shape index (κ2) is 26.7. The summed E-state index contributed by atoms with van der Waals surface area (Å²) in [6, 6.07) is 9.28. The number of unbranched alkanes of at least 4 members (excludes halogenated alkanes) is 20. The summed E-state index contributed by atoms with van der Waals surface area (Å²) >= 11 is 0. The zero-order chi connectivity index (χ0) is 27.5. The predicted octanol–water partition coefficient (Wildman–Crippen LogP) is 10.7. The van der Waals surface area contributed by atoms with Crippen molar-refractivity contribution in [3.63, 3.8) is 0 Å². The van der Waals surface area contributed by atoms with Crippen LogP contribution in [0.5, 0.6) is 0 Å². The van der Waals surface area contributed by atoms with Crippen LogP contribution in [0.2, 0.25) is 0 Å². The molecule has 0 bridgehead atoms. The number of hydrogen-bond acceptors (Lipinski definition) is 2. The summed E-state index contributed by atoms with van der Waals surface area (Å²) in [5, 5.41) is 0. The Balaban J connectivity index is 0.00000235. The number of hydrogen-bond donors (Lipinski definition) is 2. The van der Waals surface area contributed by atoms with Gasteiger partial charge in [-0.05, 0) is 36.8 Å². The van der Waals surface area contributed by atoms with Crippen LogP contribution in [-0.2, 0) is 23.2 Å². The highest BCUT2D eigenvalue weighted by atomic mass is 32.3. The fourth-order valence-electron chi connectivity index (χ4n) is 5.00. The molecule has 0 atom stereocenters. The molecule has 0 saturated heterocycles. The van der Waals surface area contributed by atoms with Crippen molar-refractivity contribution in [1.29, 1.82) is 0 Å². The van der Waals surface area contributed by atoms with E-state index in [1.54, 1.807) is 11.1 Å². The van der Waals surface area contributed by atoms with E-state index in [0.29, 0.717) is 0 Å². The highest BCUT2D eigenvalue weighted by molar-refractivity contribution is 7.79. The van der Waals surface area contributed by atoms with Crippen molar-refractivity contribution in [1.82, 2.24) is 0 Å². The molecule has 2 N–H and O–H groups in total. The van der Waals surface area contributed by atoms with Gasteiger partial charge in [0.15, 0.2) is 0 Å². The molecule has 5 heteroatoms. The van der Waals surface area contributed by atoms with E-state index >= 15 is 0 Å². The summed E-state index contributed by atoms with van der Waals surface area (Å²) in [6.45, 7) is 4.61. The first kappa shape index (κ1) is 36.1. The Hall–Kier alpha value is -0.910. The Morgan fingerprint density at radius 3 is 0.919 bits per heavy atom. The average molecular weight is 541 g/mol. The van der Waals surface area contributed by atoms with Gasteiger partial charge >= 0.3 is 10.4 Å². The molecule has 0 saturated carbocycles. The molecular weight excluding hydrogens is 480 g/mol. The van der Waals surface area contributed by atoms with Gasteiger partial charge in [-0.15, -0.1) is 0 Å². The lowest BCUT2D eigenvalue weighted by Crippen LogP contribution is -1.95. The van der Waals surface area contributed by atoms with Gasteiger partial charge in [-0.25, -0.2) is 0 Å². The lowest BCUT2D eigenvalue weighted by atomic mass is 9.96. The minimum atomic E-state index is -4.67. The SMILES string of the molecule is CCCCCCCCCCCCCc1ccccc1CCCCCCCCCCCCC.O=S(=O)(O)O. The Morgan fingerprint density at radius 2 is 0.676 bits per heavy atom. The van der Waals surface area contributed by atoms with Crippen LogP contribution in [0.25, 0.3) is 0 Å². The summed E-state index contributed by atoms with van der Waals surface area (Å²) in [4.78, 5) is 0. The zero-order valence-electron chi connectivity index (χ0n) is 24.4. The molecule has 0 aromatic heterocycles. The molecule has 37 heavy (non-hydrogen) atoms. The van der Waals surface area contributed by atoms with Gasteiger partial charge in [0.2, 0.25) is 0 Å². The summed E-state index contributed by atoms with van der Waals surface area (Å²) in [6.07, 6.45) is 34.2. The van der Waals surface area contributed by atoms with Crippen molar-refractivity contribution in [3.05, 3.63) is 35.4 Å². The molecule has 0 unspecified atom stereocenters. The topological polar surface area (TPSA) is 74.6 Å². The van der Waals surface area contributed by atoms with Gasteiger partial charge in [-0.2, -0.15) is 8.42 Å². The maximum absolute atomic E-state index is 8.74. The minimum Gasteiger partial charge on any atom is -0.264 e. The molecule has 0 fully saturated rings. The fraction of sp³-hybridized carbons (Fsp3) is 0.812. The van der Waals surface area contributed by atoms with E-state index < -0.39 is 10.4 Å².